The van der Waals surface area contributed by atoms with E-state index < -0.39 is 10.1 Å². The van der Waals surface area contributed by atoms with Gasteiger partial charge in [0.05, 0.1) is 23.7 Å². The van der Waals surface area contributed by atoms with E-state index in [0.29, 0.717) is 13.2 Å². The third-order valence-electron chi connectivity index (χ3n) is 4.31. The maximum absolute atomic E-state index is 10.4. The highest BCUT2D eigenvalue weighted by Gasteiger charge is 2.24. The van der Waals surface area contributed by atoms with Gasteiger partial charge in [-0.15, -0.1) is 0 Å². The van der Waals surface area contributed by atoms with Crippen molar-refractivity contribution in [3.05, 3.63) is 84.1 Å². The third-order valence-corrected chi connectivity index (χ3v) is 5.16. The molecule has 1 fully saturated rings. The second-order valence-electron chi connectivity index (χ2n) is 6.42. The monoisotopic (exact) mass is 414 g/mol. The van der Waals surface area contributed by atoms with E-state index in [0.717, 1.165) is 22.4 Å². The van der Waals surface area contributed by atoms with Gasteiger partial charge in [-0.3, -0.25) is 0 Å². The van der Waals surface area contributed by atoms with Crippen LogP contribution in [0, 0.1) is 6.92 Å². The van der Waals surface area contributed by atoms with Crippen molar-refractivity contribution in [3.8, 4) is 11.3 Å². The smallest absolute Gasteiger partial charge is 0.242 e. The van der Waals surface area contributed by atoms with E-state index in [4.69, 9.17) is 15.3 Å². The molecular formula is C21H22N2O5S. The summed E-state index contributed by atoms with van der Waals surface area (Å²) in [4.78, 5) is -0.178. The number of nitrogens with zero attached hydrogens (tertiary/aromatic N) is 1. The lowest BCUT2D eigenvalue weighted by molar-refractivity contribution is -0.627. The fraction of sp³-hybridized carbons (Fsp3) is 0.190. The van der Waals surface area contributed by atoms with Crippen LogP contribution in [0.5, 0.6) is 0 Å². The van der Waals surface area contributed by atoms with Crippen molar-refractivity contribution in [2.45, 2.75) is 18.1 Å². The molecule has 0 saturated carbocycles. The van der Waals surface area contributed by atoms with Gasteiger partial charge in [-0.2, -0.15) is 0 Å². The SMILES string of the molecule is Cc1ccc(S(=O)(=O)[O-])cc1.N[n+]1ccccc1-c1ccccc1C1OCCO1. The first-order valence-electron chi connectivity index (χ1n) is 8.97. The highest BCUT2D eigenvalue weighted by molar-refractivity contribution is 7.85. The number of nitrogen functional groups attached to an aromatic ring is 1. The van der Waals surface area contributed by atoms with Crippen LogP contribution in [0.4, 0.5) is 0 Å². The molecule has 0 bridgehead atoms. The number of ether oxygens (including phenoxy) is 2. The zero-order valence-electron chi connectivity index (χ0n) is 15.9. The maximum atomic E-state index is 10.4. The predicted octanol–water partition coefficient (Wildman–Crippen LogP) is 2.30. The second-order valence-corrected chi connectivity index (χ2v) is 7.80. The Hall–Kier alpha value is -2.78. The van der Waals surface area contributed by atoms with E-state index in [-0.39, 0.29) is 11.2 Å². The van der Waals surface area contributed by atoms with Crippen LogP contribution in [0.25, 0.3) is 11.3 Å². The third kappa shape index (κ3) is 5.39. The molecule has 152 valence electrons. The molecule has 2 aromatic carbocycles. The number of nitrogens with two attached hydrogens (primary N) is 1. The maximum Gasteiger partial charge on any atom is 0.242 e. The molecule has 1 aromatic heterocycles. The first-order valence-corrected chi connectivity index (χ1v) is 10.4. The Morgan fingerprint density at radius 2 is 1.59 bits per heavy atom. The van der Waals surface area contributed by atoms with Gasteiger partial charge in [0.15, 0.2) is 12.5 Å². The molecule has 0 spiro atoms. The van der Waals surface area contributed by atoms with Crippen LogP contribution in [-0.4, -0.2) is 26.2 Å². The van der Waals surface area contributed by atoms with Gasteiger partial charge >= 0.3 is 0 Å². The Kier molecular flexibility index (Phi) is 6.60. The molecule has 3 aromatic rings. The summed E-state index contributed by atoms with van der Waals surface area (Å²) >= 11 is 0. The molecular weight excluding hydrogens is 392 g/mol. The van der Waals surface area contributed by atoms with Gasteiger partial charge in [-0.25, -0.2) is 14.3 Å². The summed E-state index contributed by atoms with van der Waals surface area (Å²) in [5, 5.41) is 0. The molecule has 7 nitrogen and oxygen atoms in total. The van der Waals surface area contributed by atoms with Crippen molar-refractivity contribution in [1.29, 1.82) is 0 Å². The van der Waals surface area contributed by atoms with Crippen molar-refractivity contribution in [3.63, 3.8) is 0 Å². The number of aryl methyl sites for hydroxylation is 1. The van der Waals surface area contributed by atoms with Gasteiger partial charge < -0.3 is 14.0 Å². The number of hydrogen-bond donors (Lipinski definition) is 1. The van der Waals surface area contributed by atoms with Crippen molar-refractivity contribution < 1.29 is 27.1 Å². The van der Waals surface area contributed by atoms with Gasteiger partial charge in [0.1, 0.15) is 10.1 Å². The van der Waals surface area contributed by atoms with E-state index >= 15 is 0 Å². The Labute approximate surface area is 170 Å². The van der Waals surface area contributed by atoms with E-state index in [1.165, 1.54) is 12.1 Å². The highest BCUT2D eigenvalue weighted by atomic mass is 32.2. The van der Waals surface area contributed by atoms with Crippen LogP contribution in [0.3, 0.4) is 0 Å². The van der Waals surface area contributed by atoms with E-state index in [9.17, 15) is 13.0 Å². The zero-order chi connectivity index (χ0) is 20.9. The van der Waals surface area contributed by atoms with Crippen molar-refractivity contribution in [2.24, 2.45) is 0 Å². The summed E-state index contributed by atoms with van der Waals surface area (Å²) in [7, 11) is -4.27. The van der Waals surface area contributed by atoms with Crippen molar-refractivity contribution in [2.75, 3.05) is 19.1 Å². The summed E-state index contributed by atoms with van der Waals surface area (Å²) in [6.07, 6.45) is 1.53. The number of hydrogen-bond acceptors (Lipinski definition) is 6. The van der Waals surface area contributed by atoms with Gasteiger partial charge in [-0.1, -0.05) is 40.6 Å². The van der Waals surface area contributed by atoms with Crippen LogP contribution in [0.15, 0.2) is 77.8 Å². The molecule has 2 heterocycles. The summed E-state index contributed by atoms with van der Waals surface area (Å²) in [6.45, 7) is 3.09. The lowest BCUT2D eigenvalue weighted by Gasteiger charge is -2.12. The van der Waals surface area contributed by atoms with Crippen LogP contribution in [0.2, 0.25) is 0 Å². The minimum atomic E-state index is -4.27. The molecule has 2 N–H and O–H groups in total. The molecule has 29 heavy (non-hydrogen) atoms. The number of benzene rings is 2. The molecule has 1 saturated heterocycles. The average Bonchev–Trinajstić information content (AvgIpc) is 3.23. The van der Waals surface area contributed by atoms with Gasteiger partial charge in [-0.05, 0) is 31.2 Å². The quantitative estimate of drug-likeness (QED) is 0.400. The van der Waals surface area contributed by atoms with Crippen LogP contribution in [-0.2, 0) is 19.6 Å². The van der Waals surface area contributed by atoms with Crippen molar-refractivity contribution in [1.82, 2.24) is 0 Å². The van der Waals surface area contributed by atoms with Crippen LogP contribution >= 0.6 is 0 Å². The molecule has 4 rings (SSSR count). The normalized spacial score (nSPS) is 14.3. The minimum absolute atomic E-state index is 0.178. The van der Waals surface area contributed by atoms with Crippen LogP contribution < -0.4 is 10.5 Å². The standard InChI is InChI=1S/C14H15N2O2.C7H8O3S/c15-16-8-4-3-7-13(16)11-5-1-2-6-12(11)14-17-9-10-18-14;1-6-2-4-7(5-3-6)11(8,9)10/h1-8,14H,9-10,15H2;2-5H,1H3,(H,8,9,10)/q+1;/p-1. The Bertz CT molecular complexity index is 1060. The minimum Gasteiger partial charge on any atom is -0.744 e. The predicted molar refractivity (Wildman–Crippen MR) is 106 cm³/mol. The molecule has 8 heteroatoms. The van der Waals surface area contributed by atoms with Crippen molar-refractivity contribution >= 4 is 10.1 Å². The second kappa shape index (κ2) is 9.15. The molecule has 0 radical (unpaired) electrons. The molecule has 0 amide bonds. The number of rotatable bonds is 3. The molecule has 1 aliphatic heterocycles. The summed E-state index contributed by atoms with van der Waals surface area (Å²) in [5.41, 5.74) is 3.91. The molecule has 0 atom stereocenters. The first kappa shape index (κ1) is 20.9. The first-order chi connectivity index (χ1) is 13.9. The lowest BCUT2D eigenvalue weighted by Crippen LogP contribution is -2.46. The van der Waals surface area contributed by atoms with E-state index in [2.05, 4.69) is 0 Å². The average molecular weight is 414 g/mol. The summed E-state index contributed by atoms with van der Waals surface area (Å²) in [5.74, 6) is 5.96. The molecule has 0 aliphatic carbocycles. The largest absolute Gasteiger partial charge is 0.744 e. The van der Waals surface area contributed by atoms with Gasteiger partial charge in [0, 0.05) is 17.7 Å². The molecule has 0 unspecified atom stereocenters. The zero-order valence-corrected chi connectivity index (χ0v) is 16.7. The Balaban J connectivity index is 0.000000188. The summed E-state index contributed by atoms with van der Waals surface area (Å²) in [6, 6.07) is 19.6. The van der Waals surface area contributed by atoms with Gasteiger partial charge in [0.25, 0.3) is 0 Å². The summed E-state index contributed by atoms with van der Waals surface area (Å²) < 4.78 is 43.9. The Morgan fingerprint density at radius 3 is 2.21 bits per heavy atom. The Morgan fingerprint density at radius 1 is 0.966 bits per heavy atom. The number of aromatic nitrogens is 1. The van der Waals surface area contributed by atoms with Crippen LogP contribution in [0.1, 0.15) is 17.4 Å². The van der Waals surface area contributed by atoms with E-state index in [1.54, 1.807) is 16.8 Å². The topological polar surface area (TPSA) is 106 Å². The highest BCUT2D eigenvalue weighted by Crippen LogP contribution is 2.30. The fourth-order valence-electron chi connectivity index (χ4n) is 2.86. The number of pyridine rings is 1. The molecule has 1 aliphatic rings. The fourth-order valence-corrected chi connectivity index (χ4v) is 3.33. The van der Waals surface area contributed by atoms with E-state index in [1.807, 2.05) is 55.6 Å². The lowest BCUT2D eigenvalue weighted by atomic mass is 10.0. The van der Waals surface area contributed by atoms with Gasteiger partial charge in [0.2, 0.25) is 5.69 Å².